The van der Waals surface area contributed by atoms with Crippen molar-refractivity contribution in [3.05, 3.63) is 65.7 Å². The predicted molar refractivity (Wildman–Crippen MR) is 114 cm³/mol. The van der Waals surface area contributed by atoms with E-state index in [0.29, 0.717) is 31.3 Å². The molecular formula is C24H27NO5. The van der Waals surface area contributed by atoms with E-state index in [9.17, 15) is 9.59 Å². The van der Waals surface area contributed by atoms with E-state index in [0.717, 1.165) is 17.5 Å². The second-order valence-corrected chi connectivity index (χ2v) is 7.30. The summed E-state index contributed by atoms with van der Waals surface area (Å²) in [7, 11) is 0. The average molecular weight is 409 g/mol. The van der Waals surface area contributed by atoms with Crippen LogP contribution in [0, 0.1) is 0 Å². The number of hydrogen-bond donors (Lipinski definition) is 0. The van der Waals surface area contributed by atoms with Gasteiger partial charge < -0.3 is 19.1 Å². The zero-order valence-electron chi connectivity index (χ0n) is 17.4. The third-order valence-corrected chi connectivity index (χ3v) is 4.66. The molecule has 0 aromatic heterocycles. The van der Waals surface area contributed by atoms with E-state index in [2.05, 4.69) is 0 Å². The number of hydrogen-bond acceptors (Lipinski definition) is 5. The van der Waals surface area contributed by atoms with Crippen molar-refractivity contribution in [2.45, 2.75) is 32.9 Å². The summed E-state index contributed by atoms with van der Waals surface area (Å²) in [5.41, 5.74) is 1.82. The molecule has 2 aromatic carbocycles. The van der Waals surface area contributed by atoms with Crippen LogP contribution in [0.3, 0.4) is 0 Å². The predicted octanol–water partition coefficient (Wildman–Crippen LogP) is 3.84. The summed E-state index contributed by atoms with van der Waals surface area (Å²) in [4.78, 5) is 26.3. The van der Waals surface area contributed by atoms with Crippen molar-refractivity contribution in [1.29, 1.82) is 0 Å². The molecule has 6 heteroatoms. The highest BCUT2D eigenvalue weighted by Gasteiger charge is 2.18. The number of ether oxygens (including phenoxy) is 3. The monoisotopic (exact) mass is 409 g/mol. The van der Waals surface area contributed by atoms with E-state index in [-0.39, 0.29) is 18.6 Å². The van der Waals surface area contributed by atoms with Crippen LogP contribution in [0.4, 0.5) is 0 Å². The van der Waals surface area contributed by atoms with Crippen molar-refractivity contribution in [2.75, 3.05) is 19.8 Å². The average Bonchev–Trinajstić information content (AvgIpc) is 3.00. The maximum atomic E-state index is 12.6. The van der Waals surface area contributed by atoms with E-state index in [1.807, 2.05) is 62.4 Å². The zero-order chi connectivity index (χ0) is 21.3. The normalized spacial score (nSPS) is 13.2. The van der Waals surface area contributed by atoms with Crippen LogP contribution in [0.15, 0.2) is 54.6 Å². The minimum absolute atomic E-state index is 0.00579. The van der Waals surface area contributed by atoms with Crippen LogP contribution in [0.5, 0.6) is 11.5 Å². The van der Waals surface area contributed by atoms with Crippen molar-refractivity contribution < 1.29 is 23.8 Å². The van der Waals surface area contributed by atoms with Gasteiger partial charge in [-0.05, 0) is 43.2 Å². The molecule has 0 bridgehead atoms. The van der Waals surface area contributed by atoms with Crippen molar-refractivity contribution in [2.24, 2.45) is 0 Å². The first-order valence-corrected chi connectivity index (χ1v) is 10.1. The topological polar surface area (TPSA) is 65.1 Å². The van der Waals surface area contributed by atoms with Crippen molar-refractivity contribution in [3.8, 4) is 11.5 Å². The quantitative estimate of drug-likeness (QED) is 0.514. The molecule has 2 aromatic rings. The molecule has 0 saturated heterocycles. The summed E-state index contributed by atoms with van der Waals surface area (Å²) in [6, 6.07) is 15.2. The molecule has 0 unspecified atom stereocenters. The molecule has 30 heavy (non-hydrogen) atoms. The van der Waals surface area contributed by atoms with Crippen LogP contribution in [0.1, 0.15) is 31.4 Å². The van der Waals surface area contributed by atoms with E-state index in [1.165, 1.54) is 6.08 Å². The third-order valence-electron chi connectivity index (χ3n) is 4.66. The second kappa shape index (κ2) is 10.5. The van der Waals surface area contributed by atoms with Gasteiger partial charge in [-0.15, -0.1) is 0 Å². The number of amides is 1. The fourth-order valence-corrected chi connectivity index (χ4v) is 3.05. The molecule has 3 rings (SSSR count). The molecule has 0 radical (unpaired) electrons. The Kier molecular flexibility index (Phi) is 7.49. The Morgan fingerprint density at radius 1 is 1.07 bits per heavy atom. The van der Waals surface area contributed by atoms with Crippen LogP contribution in [0.2, 0.25) is 0 Å². The summed E-state index contributed by atoms with van der Waals surface area (Å²) in [6.07, 6.45) is 3.77. The Balaban J connectivity index is 1.54. The van der Waals surface area contributed by atoms with Crippen LogP contribution in [0.25, 0.3) is 6.08 Å². The summed E-state index contributed by atoms with van der Waals surface area (Å²) < 4.78 is 16.4. The number of nitrogens with zero attached hydrogens (tertiary/aromatic N) is 1. The summed E-state index contributed by atoms with van der Waals surface area (Å²) >= 11 is 0. The van der Waals surface area contributed by atoms with Gasteiger partial charge in [-0.3, -0.25) is 4.79 Å². The van der Waals surface area contributed by atoms with Gasteiger partial charge in [0, 0.05) is 25.1 Å². The second-order valence-electron chi connectivity index (χ2n) is 7.30. The Morgan fingerprint density at radius 3 is 2.53 bits per heavy atom. The van der Waals surface area contributed by atoms with Crippen molar-refractivity contribution >= 4 is 18.0 Å². The van der Waals surface area contributed by atoms with Crippen molar-refractivity contribution in [1.82, 2.24) is 4.90 Å². The van der Waals surface area contributed by atoms with Gasteiger partial charge >= 0.3 is 5.97 Å². The molecule has 0 N–H and O–H groups in total. The number of esters is 1. The molecule has 1 aliphatic heterocycles. The number of carbonyl (C=O) groups is 2. The van der Waals surface area contributed by atoms with Gasteiger partial charge in [0.1, 0.15) is 0 Å². The van der Waals surface area contributed by atoms with Crippen LogP contribution in [-0.4, -0.2) is 42.6 Å². The minimum atomic E-state index is -0.570. The molecule has 158 valence electrons. The summed E-state index contributed by atoms with van der Waals surface area (Å²) in [5.74, 6) is 0.557. The fraction of sp³-hybridized carbons (Fsp3) is 0.333. The lowest BCUT2D eigenvalue weighted by Gasteiger charge is -2.26. The largest absolute Gasteiger partial charge is 0.490 e. The number of fused-ring (bicyclic) bond motifs is 1. The van der Waals surface area contributed by atoms with Gasteiger partial charge in [0.05, 0.1) is 13.2 Å². The molecule has 1 heterocycles. The van der Waals surface area contributed by atoms with E-state index in [1.54, 1.807) is 11.0 Å². The molecule has 1 amide bonds. The van der Waals surface area contributed by atoms with Gasteiger partial charge in [0.25, 0.3) is 5.91 Å². The first-order chi connectivity index (χ1) is 14.5. The highest BCUT2D eigenvalue weighted by molar-refractivity contribution is 5.89. The highest BCUT2D eigenvalue weighted by atomic mass is 16.5. The molecule has 0 aliphatic carbocycles. The maximum Gasteiger partial charge on any atom is 0.331 e. The van der Waals surface area contributed by atoms with Gasteiger partial charge in [0.2, 0.25) is 0 Å². The Bertz CT molecular complexity index is 892. The maximum absolute atomic E-state index is 12.6. The first-order valence-electron chi connectivity index (χ1n) is 10.1. The van der Waals surface area contributed by atoms with Crippen molar-refractivity contribution in [3.63, 3.8) is 0 Å². The van der Waals surface area contributed by atoms with Crippen LogP contribution < -0.4 is 9.47 Å². The number of benzene rings is 2. The van der Waals surface area contributed by atoms with E-state index in [4.69, 9.17) is 14.2 Å². The smallest absolute Gasteiger partial charge is 0.331 e. The standard InChI is InChI=1S/C24H27NO5/c1-18(2)25(16-20-7-4-3-5-8-20)23(26)17-30-24(27)12-10-19-9-11-21-22(15-19)29-14-6-13-28-21/h3-5,7-12,15,18H,6,13-14,16-17H2,1-2H3/b12-10+. The Hall–Kier alpha value is -3.28. The van der Waals surface area contributed by atoms with Gasteiger partial charge in [-0.1, -0.05) is 36.4 Å². The van der Waals surface area contributed by atoms with Gasteiger partial charge in [0.15, 0.2) is 18.1 Å². The Labute approximate surface area is 177 Å². The molecular weight excluding hydrogens is 382 g/mol. The highest BCUT2D eigenvalue weighted by Crippen LogP contribution is 2.30. The summed E-state index contributed by atoms with van der Waals surface area (Å²) in [5, 5.41) is 0. The first kappa shape index (κ1) is 21.4. The van der Waals surface area contributed by atoms with Gasteiger partial charge in [-0.25, -0.2) is 4.79 Å². The number of carbonyl (C=O) groups excluding carboxylic acids is 2. The molecule has 6 nitrogen and oxygen atoms in total. The molecule has 0 saturated carbocycles. The fourth-order valence-electron chi connectivity index (χ4n) is 3.05. The minimum Gasteiger partial charge on any atom is -0.490 e. The van der Waals surface area contributed by atoms with Crippen LogP contribution in [-0.2, 0) is 20.9 Å². The van der Waals surface area contributed by atoms with E-state index < -0.39 is 5.97 Å². The summed E-state index contributed by atoms with van der Waals surface area (Å²) in [6.45, 7) is 5.27. The van der Waals surface area contributed by atoms with Crippen LogP contribution >= 0.6 is 0 Å². The number of rotatable bonds is 7. The van der Waals surface area contributed by atoms with E-state index >= 15 is 0 Å². The molecule has 0 atom stereocenters. The lowest BCUT2D eigenvalue weighted by atomic mass is 10.2. The molecule has 0 fully saturated rings. The third kappa shape index (κ3) is 6.11. The SMILES string of the molecule is CC(C)N(Cc1ccccc1)C(=O)COC(=O)/C=C/c1ccc2c(c1)OCCCO2. The molecule has 0 spiro atoms. The lowest BCUT2D eigenvalue weighted by Crippen LogP contribution is -2.39. The molecule has 1 aliphatic rings. The van der Waals surface area contributed by atoms with Gasteiger partial charge in [-0.2, -0.15) is 0 Å². The zero-order valence-corrected chi connectivity index (χ0v) is 17.4. The lowest BCUT2D eigenvalue weighted by molar-refractivity contribution is -0.149. The Morgan fingerprint density at radius 2 is 1.80 bits per heavy atom.